The van der Waals surface area contributed by atoms with Gasteiger partial charge in [-0.3, -0.25) is 0 Å². The number of nitrogens with two attached hydrogens (primary N) is 1. The van der Waals surface area contributed by atoms with E-state index in [9.17, 15) is 9.59 Å². The molecule has 0 fully saturated rings. The van der Waals surface area contributed by atoms with Crippen LogP contribution in [-0.2, 0) is 14.3 Å². The molecule has 156 valence electrons. The molecule has 5 heteroatoms. The molecule has 1 aromatic rings. The van der Waals surface area contributed by atoms with Gasteiger partial charge in [0, 0.05) is 12.7 Å². The van der Waals surface area contributed by atoms with Crippen molar-refractivity contribution in [2.24, 2.45) is 0 Å². The molecule has 27 heavy (non-hydrogen) atoms. The maximum atomic E-state index is 11.9. The highest BCUT2D eigenvalue weighted by Crippen LogP contribution is 2.12. The van der Waals surface area contributed by atoms with Gasteiger partial charge in [0.1, 0.15) is 0 Å². The van der Waals surface area contributed by atoms with Gasteiger partial charge in [-0.25, -0.2) is 9.59 Å². The first kappa shape index (κ1) is 26.9. The number of hydrogen-bond donors (Lipinski definition) is 1. The van der Waals surface area contributed by atoms with Crippen LogP contribution in [0.1, 0.15) is 77.7 Å². The third-order valence-corrected chi connectivity index (χ3v) is 3.19. The largest absolute Gasteiger partial charge is 0.462 e. The van der Waals surface area contributed by atoms with Crippen molar-refractivity contribution in [3.63, 3.8) is 0 Å². The first-order chi connectivity index (χ1) is 12.9. The van der Waals surface area contributed by atoms with E-state index in [0.717, 1.165) is 31.2 Å². The molecule has 0 radical (unpaired) electrons. The standard InChI is InChI=1S/C18H25NO4.2C2H6.H2/c1-13(2)17(20)22-8-6-4-5-7-9-23-18(21)15-10-14(3)11-16(19)12-15;2*1-2;/h10-12H,1,4-9,19H2,2-3H3;2*1-2H3;1H. The monoisotopic (exact) mass is 381 g/mol. The fourth-order valence-electron chi connectivity index (χ4n) is 2.02. The fraction of sp³-hybridized carbons (Fsp3) is 0.545. The maximum Gasteiger partial charge on any atom is 0.338 e. The Kier molecular flexibility index (Phi) is 17.1. The molecule has 1 rings (SSSR count). The summed E-state index contributed by atoms with van der Waals surface area (Å²) in [5.74, 6) is -0.702. The van der Waals surface area contributed by atoms with E-state index in [1.54, 1.807) is 25.1 Å². The molecule has 1 aromatic carbocycles. The Balaban J connectivity index is -0.00000117. The summed E-state index contributed by atoms with van der Waals surface area (Å²) in [7, 11) is 0. The van der Waals surface area contributed by atoms with Crippen molar-refractivity contribution in [3.8, 4) is 0 Å². The van der Waals surface area contributed by atoms with Gasteiger partial charge < -0.3 is 15.2 Å². The molecule has 0 bridgehead atoms. The minimum absolute atomic E-state index is 0. The van der Waals surface area contributed by atoms with Gasteiger partial charge in [-0.15, -0.1) is 0 Å². The third-order valence-electron chi connectivity index (χ3n) is 3.19. The zero-order valence-electron chi connectivity index (χ0n) is 17.9. The van der Waals surface area contributed by atoms with Crippen LogP contribution in [0.2, 0.25) is 0 Å². The second kappa shape index (κ2) is 17.1. The van der Waals surface area contributed by atoms with Crippen molar-refractivity contribution in [1.29, 1.82) is 0 Å². The van der Waals surface area contributed by atoms with E-state index >= 15 is 0 Å². The Bertz CT molecular complexity index is 553. The van der Waals surface area contributed by atoms with Crippen LogP contribution >= 0.6 is 0 Å². The number of benzene rings is 1. The average Bonchev–Trinajstić information content (AvgIpc) is 2.65. The predicted molar refractivity (Wildman–Crippen MR) is 115 cm³/mol. The number of nitrogen functional groups attached to an aromatic ring is 1. The zero-order chi connectivity index (χ0) is 21.2. The summed E-state index contributed by atoms with van der Waals surface area (Å²) in [5, 5.41) is 0. The van der Waals surface area contributed by atoms with E-state index in [1.165, 1.54) is 0 Å². The molecule has 5 nitrogen and oxygen atoms in total. The zero-order valence-corrected chi connectivity index (χ0v) is 17.9. The smallest absolute Gasteiger partial charge is 0.338 e. The predicted octanol–water partition coefficient (Wildman–Crippen LogP) is 5.71. The van der Waals surface area contributed by atoms with Gasteiger partial charge in [0.05, 0.1) is 18.8 Å². The molecule has 0 amide bonds. The molecular weight excluding hydrogens is 342 g/mol. The molecule has 0 aliphatic carbocycles. The Morgan fingerprint density at radius 1 is 0.963 bits per heavy atom. The van der Waals surface area contributed by atoms with Gasteiger partial charge >= 0.3 is 11.9 Å². The van der Waals surface area contributed by atoms with Gasteiger partial charge in [0.25, 0.3) is 0 Å². The van der Waals surface area contributed by atoms with Crippen molar-refractivity contribution in [2.45, 2.75) is 67.2 Å². The highest BCUT2D eigenvalue weighted by atomic mass is 16.5. The van der Waals surface area contributed by atoms with E-state index in [4.69, 9.17) is 15.2 Å². The lowest BCUT2D eigenvalue weighted by molar-refractivity contribution is -0.139. The lowest BCUT2D eigenvalue weighted by Gasteiger charge is -2.07. The summed E-state index contributed by atoms with van der Waals surface area (Å²) < 4.78 is 10.2. The molecule has 0 saturated carbocycles. The molecular formula is C22H39NO4. The second-order valence-corrected chi connectivity index (χ2v) is 5.60. The summed E-state index contributed by atoms with van der Waals surface area (Å²) in [6.45, 7) is 15.8. The van der Waals surface area contributed by atoms with Crippen LogP contribution < -0.4 is 5.73 Å². The Morgan fingerprint density at radius 3 is 1.96 bits per heavy atom. The first-order valence-electron chi connectivity index (χ1n) is 9.77. The van der Waals surface area contributed by atoms with E-state index in [2.05, 4.69) is 6.58 Å². The molecule has 0 aliphatic heterocycles. The van der Waals surface area contributed by atoms with Crippen molar-refractivity contribution >= 4 is 17.6 Å². The van der Waals surface area contributed by atoms with Crippen LogP contribution in [-0.4, -0.2) is 25.2 Å². The number of rotatable bonds is 9. The minimum Gasteiger partial charge on any atom is -0.462 e. The normalized spacial score (nSPS) is 9.11. The van der Waals surface area contributed by atoms with Crippen molar-refractivity contribution in [1.82, 2.24) is 0 Å². The second-order valence-electron chi connectivity index (χ2n) is 5.60. The van der Waals surface area contributed by atoms with E-state index in [-0.39, 0.29) is 13.4 Å². The quantitative estimate of drug-likeness (QED) is 0.256. The lowest BCUT2D eigenvalue weighted by atomic mass is 10.1. The molecule has 0 aromatic heterocycles. The number of aryl methyl sites for hydroxylation is 1. The van der Waals surface area contributed by atoms with Crippen LogP contribution in [0.15, 0.2) is 30.4 Å². The maximum absolute atomic E-state index is 11.9. The Labute approximate surface area is 166 Å². The molecule has 0 spiro atoms. The summed E-state index contributed by atoms with van der Waals surface area (Å²) in [6, 6.07) is 5.18. The third kappa shape index (κ3) is 13.5. The van der Waals surface area contributed by atoms with Gasteiger partial charge in [-0.1, -0.05) is 34.3 Å². The highest BCUT2D eigenvalue weighted by Gasteiger charge is 2.08. The number of carbonyl (C=O) groups excluding carboxylic acids is 2. The minimum atomic E-state index is -0.351. The fourth-order valence-corrected chi connectivity index (χ4v) is 2.02. The molecule has 2 N–H and O–H groups in total. The van der Waals surface area contributed by atoms with E-state index in [1.807, 2.05) is 34.6 Å². The van der Waals surface area contributed by atoms with Crippen LogP contribution in [0.4, 0.5) is 5.69 Å². The average molecular weight is 382 g/mol. The summed E-state index contributed by atoms with van der Waals surface area (Å²) in [4.78, 5) is 23.0. The van der Waals surface area contributed by atoms with Gasteiger partial charge in [0.2, 0.25) is 0 Å². The van der Waals surface area contributed by atoms with Crippen LogP contribution in [0.5, 0.6) is 0 Å². The molecule has 0 heterocycles. The van der Waals surface area contributed by atoms with Crippen LogP contribution in [0, 0.1) is 6.92 Å². The number of ether oxygens (including phenoxy) is 2. The number of hydrogen-bond acceptors (Lipinski definition) is 5. The summed E-state index contributed by atoms with van der Waals surface area (Å²) in [6.07, 6.45) is 3.40. The molecule has 0 saturated heterocycles. The van der Waals surface area contributed by atoms with Crippen LogP contribution in [0.3, 0.4) is 0 Å². The van der Waals surface area contributed by atoms with Gasteiger partial charge in [0.15, 0.2) is 0 Å². The van der Waals surface area contributed by atoms with E-state index in [0.29, 0.717) is 30.0 Å². The summed E-state index contributed by atoms with van der Waals surface area (Å²) in [5.41, 5.74) is 8.09. The number of anilines is 1. The lowest BCUT2D eigenvalue weighted by Crippen LogP contribution is -2.08. The SMILES string of the molecule is C=C(C)C(=O)OCCCCCCOC(=O)c1cc(C)cc(N)c1.CC.CC.[HH]. The molecule has 0 unspecified atom stereocenters. The Morgan fingerprint density at radius 2 is 1.48 bits per heavy atom. The first-order valence-corrected chi connectivity index (χ1v) is 9.77. The topological polar surface area (TPSA) is 78.6 Å². The summed E-state index contributed by atoms with van der Waals surface area (Å²) >= 11 is 0. The van der Waals surface area contributed by atoms with Gasteiger partial charge in [-0.2, -0.15) is 0 Å². The van der Waals surface area contributed by atoms with E-state index < -0.39 is 0 Å². The van der Waals surface area contributed by atoms with Crippen molar-refractivity contribution in [2.75, 3.05) is 18.9 Å². The number of esters is 2. The number of carbonyl (C=O) groups is 2. The van der Waals surface area contributed by atoms with Gasteiger partial charge in [-0.05, 0) is 63.3 Å². The number of unbranched alkanes of at least 4 members (excludes halogenated alkanes) is 3. The Hall–Kier alpha value is -2.30. The van der Waals surface area contributed by atoms with Crippen molar-refractivity contribution < 1.29 is 20.5 Å². The van der Waals surface area contributed by atoms with Crippen LogP contribution in [0.25, 0.3) is 0 Å². The molecule has 0 aliphatic rings. The highest BCUT2D eigenvalue weighted by molar-refractivity contribution is 5.90. The van der Waals surface area contributed by atoms with Crippen molar-refractivity contribution in [3.05, 3.63) is 41.5 Å². The molecule has 0 atom stereocenters.